The van der Waals surface area contributed by atoms with E-state index in [9.17, 15) is 9.59 Å². The summed E-state index contributed by atoms with van der Waals surface area (Å²) in [4.78, 5) is 23.0. The van der Waals surface area contributed by atoms with Gasteiger partial charge < -0.3 is 10.4 Å². The molecule has 0 heterocycles. The summed E-state index contributed by atoms with van der Waals surface area (Å²) < 4.78 is 0. The Kier molecular flexibility index (Phi) is 3.60. The molecule has 1 aliphatic rings. The average Bonchev–Trinajstić information content (AvgIpc) is 2.33. The van der Waals surface area contributed by atoms with Crippen LogP contribution in [0, 0.1) is 5.92 Å². The van der Waals surface area contributed by atoms with Crippen molar-refractivity contribution in [3.8, 4) is 0 Å². The molecule has 2 N–H and O–H groups in total. The first kappa shape index (κ1) is 13.6. The second kappa shape index (κ2) is 5.03. The van der Waals surface area contributed by atoms with E-state index in [-0.39, 0.29) is 17.9 Å². The molecular weight excluding hydrogens is 242 g/mol. The van der Waals surface area contributed by atoms with Crippen LogP contribution in [0.4, 0.5) is 0 Å². The molecule has 0 aromatic heterocycles. The Bertz CT molecular complexity index is 475. The molecule has 1 fully saturated rings. The van der Waals surface area contributed by atoms with E-state index in [1.165, 1.54) is 0 Å². The van der Waals surface area contributed by atoms with Crippen molar-refractivity contribution in [2.45, 2.75) is 38.1 Å². The first-order chi connectivity index (χ1) is 8.91. The molecule has 1 saturated carbocycles. The van der Waals surface area contributed by atoms with Crippen LogP contribution in [-0.2, 0) is 15.0 Å². The van der Waals surface area contributed by atoms with Gasteiger partial charge >= 0.3 is 5.97 Å². The van der Waals surface area contributed by atoms with Gasteiger partial charge in [0.2, 0.25) is 5.91 Å². The summed E-state index contributed by atoms with van der Waals surface area (Å²) in [6, 6.07) is 9.60. The number of carbonyl (C=O) groups excluding carboxylic acids is 1. The van der Waals surface area contributed by atoms with E-state index < -0.39 is 11.4 Å². The summed E-state index contributed by atoms with van der Waals surface area (Å²) in [7, 11) is 0. The Labute approximate surface area is 112 Å². The smallest absolute Gasteiger partial charge is 0.306 e. The summed E-state index contributed by atoms with van der Waals surface area (Å²) >= 11 is 0. The number of amides is 1. The van der Waals surface area contributed by atoms with Gasteiger partial charge in [-0.05, 0) is 32.3 Å². The molecule has 0 spiro atoms. The van der Waals surface area contributed by atoms with E-state index in [1.54, 1.807) is 0 Å². The van der Waals surface area contributed by atoms with Crippen molar-refractivity contribution in [3.63, 3.8) is 0 Å². The number of rotatable bonds is 4. The topological polar surface area (TPSA) is 66.4 Å². The highest BCUT2D eigenvalue weighted by Crippen LogP contribution is 2.29. The lowest BCUT2D eigenvalue weighted by molar-refractivity contribution is -0.146. The van der Waals surface area contributed by atoms with E-state index in [0.29, 0.717) is 12.8 Å². The lowest BCUT2D eigenvalue weighted by atomic mass is 9.78. The van der Waals surface area contributed by atoms with Crippen molar-refractivity contribution in [2.75, 3.05) is 0 Å². The van der Waals surface area contributed by atoms with E-state index in [4.69, 9.17) is 5.11 Å². The fourth-order valence-electron chi connectivity index (χ4n) is 2.29. The van der Waals surface area contributed by atoms with Crippen LogP contribution in [-0.4, -0.2) is 23.0 Å². The van der Waals surface area contributed by atoms with Crippen LogP contribution in [0.25, 0.3) is 0 Å². The maximum atomic E-state index is 12.3. The Morgan fingerprint density at radius 2 is 1.79 bits per heavy atom. The highest BCUT2D eigenvalue weighted by molar-refractivity contribution is 5.87. The number of nitrogens with one attached hydrogen (secondary N) is 1. The van der Waals surface area contributed by atoms with Crippen LogP contribution >= 0.6 is 0 Å². The summed E-state index contributed by atoms with van der Waals surface area (Å²) in [5.41, 5.74) is 0.358. The largest absolute Gasteiger partial charge is 0.481 e. The van der Waals surface area contributed by atoms with Gasteiger partial charge in [0.1, 0.15) is 0 Å². The third-order valence-electron chi connectivity index (χ3n) is 3.89. The number of aliphatic carboxylic acids is 1. The van der Waals surface area contributed by atoms with Crippen molar-refractivity contribution >= 4 is 11.9 Å². The molecule has 0 unspecified atom stereocenters. The average molecular weight is 261 g/mol. The van der Waals surface area contributed by atoms with Gasteiger partial charge in [0, 0.05) is 6.04 Å². The first-order valence-electron chi connectivity index (χ1n) is 6.50. The SMILES string of the molecule is CC(C)(C(=O)NC1CC(C(=O)O)C1)c1ccccc1. The predicted molar refractivity (Wildman–Crippen MR) is 71.8 cm³/mol. The van der Waals surface area contributed by atoms with Crippen molar-refractivity contribution < 1.29 is 14.7 Å². The summed E-state index contributed by atoms with van der Waals surface area (Å²) in [6.07, 6.45) is 1.07. The minimum absolute atomic E-state index is 0.00316. The normalized spacial score (nSPS) is 22.4. The zero-order valence-electron chi connectivity index (χ0n) is 11.2. The van der Waals surface area contributed by atoms with E-state index >= 15 is 0 Å². The predicted octanol–water partition coefficient (Wildman–Crippen LogP) is 1.94. The van der Waals surface area contributed by atoms with Crippen LogP contribution in [0.2, 0.25) is 0 Å². The molecule has 0 saturated heterocycles. The summed E-state index contributed by atoms with van der Waals surface area (Å²) in [5, 5.41) is 11.7. The molecule has 1 aliphatic carbocycles. The van der Waals surface area contributed by atoms with Crippen molar-refractivity contribution in [3.05, 3.63) is 35.9 Å². The molecule has 102 valence electrons. The van der Waals surface area contributed by atoms with Crippen molar-refractivity contribution in [1.82, 2.24) is 5.32 Å². The molecule has 1 aromatic rings. The van der Waals surface area contributed by atoms with E-state index in [2.05, 4.69) is 5.32 Å². The maximum absolute atomic E-state index is 12.3. The standard InChI is InChI=1S/C15H19NO3/c1-15(2,11-6-4-3-5-7-11)14(19)16-12-8-10(9-12)13(17)18/h3-7,10,12H,8-9H2,1-2H3,(H,16,19)(H,17,18). The van der Waals surface area contributed by atoms with E-state index in [0.717, 1.165) is 5.56 Å². The molecular formula is C15H19NO3. The number of carbonyl (C=O) groups is 2. The molecule has 0 atom stereocenters. The molecule has 4 nitrogen and oxygen atoms in total. The molecule has 1 aromatic carbocycles. The Hall–Kier alpha value is -1.84. The Morgan fingerprint density at radius 1 is 1.21 bits per heavy atom. The van der Waals surface area contributed by atoms with Gasteiger partial charge in [0.25, 0.3) is 0 Å². The van der Waals surface area contributed by atoms with E-state index in [1.807, 2.05) is 44.2 Å². The van der Waals surface area contributed by atoms with Crippen LogP contribution in [0.15, 0.2) is 30.3 Å². The van der Waals surface area contributed by atoms with Gasteiger partial charge in [-0.1, -0.05) is 30.3 Å². The molecule has 4 heteroatoms. The second-order valence-corrected chi connectivity index (χ2v) is 5.67. The van der Waals surface area contributed by atoms with Gasteiger partial charge in [-0.2, -0.15) is 0 Å². The molecule has 1 amide bonds. The molecule has 0 aliphatic heterocycles. The third kappa shape index (κ3) is 2.78. The van der Waals surface area contributed by atoms with Crippen LogP contribution in [0.5, 0.6) is 0 Å². The van der Waals surface area contributed by atoms with Crippen molar-refractivity contribution in [1.29, 1.82) is 0 Å². The summed E-state index contributed by atoms with van der Waals surface area (Å²) in [5.74, 6) is -1.12. The molecule has 0 radical (unpaired) electrons. The minimum Gasteiger partial charge on any atom is -0.481 e. The quantitative estimate of drug-likeness (QED) is 0.870. The lowest BCUT2D eigenvalue weighted by Gasteiger charge is -2.35. The highest BCUT2D eigenvalue weighted by Gasteiger charge is 2.38. The lowest BCUT2D eigenvalue weighted by Crippen LogP contribution is -2.51. The van der Waals surface area contributed by atoms with Gasteiger partial charge in [0.05, 0.1) is 11.3 Å². The fourth-order valence-corrected chi connectivity index (χ4v) is 2.29. The third-order valence-corrected chi connectivity index (χ3v) is 3.89. The Morgan fingerprint density at radius 3 is 2.32 bits per heavy atom. The number of carboxylic acids is 1. The molecule has 2 rings (SSSR count). The monoisotopic (exact) mass is 261 g/mol. The fraction of sp³-hybridized carbons (Fsp3) is 0.467. The van der Waals surface area contributed by atoms with Crippen LogP contribution in [0.1, 0.15) is 32.3 Å². The molecule has 19 heavy (non-hydrogen) atoms. The summed E-state index contributed by atoms with van der Waals surface area (Å²) in [6.45, 7) is 3.76. The van der Waals surface area contributed by atoms with Crippen LogP contribution < -0.4 is 5.32 Å². The van der Waals surface area contributed by atoms with Gasteiger partial charge in [0.15, 0.2) is 0 Å². The molecule has 0 bridgehead atoms. The first-order valence-corrected chi connectivity index (χ1v) is 6.50. The number of hydrogen-bond acceptors (Lipinski definition) is 2. The van der Waals surface area contributed by atoms with Gasteiger partial charge in [-0.25, -0.2) is 0 Å². The second-order valence-electron chi connectivity index (χ2n) is 5.67. The van der Waals surface area contributed by atoms with Gasteiger partial charge in [-0.3, -0.25) is 9.59 Å². The number of benzene rings is 1. The Balaban J connectivity index is 1.95. The maximum Gasteiger partial charge on any atom is 0.306 e. The zero-order chi connectivity index (χ0) is 14.0. The van der Waals surface area contributed by atoms with Crippen LogP contribution in [0.3, 0.4) is 0 Å². The van der Waals surface area contributed by atoms with Gasteiger partial charge in [-0.15, -0.1) is 0 Å². The number of carboxylic acid groups (broad SMARTS) is 1. The zero-order valence-corrected chi connectivity index (χ0v) is 11.2. The number of hydrogen-bond donors (Lipinski definition) is 2. The minimum atomic E-state index is -0.771. The highest BCUT2D eigenvalue weighted by atomic mass is 16.4. The van der Waals surface area contributed by atoms with Crippen molar-refractivity contribution in [2.24, 2.45) is 5.92 Å².